The van der Waals surface area contributed by atoms with E-state index >= 15 is 0 Å². The van der Waals surface area contributed by atoms with Crippen molar-refractivity contribution in [1.29, 1.82) is 5.26 Å². The lowest BCUT2D eigenvalue weighted by molar-refractivity contribution is 0.0443. The fourth-order valence-corrected chi connectivity index (χ4v) is 3.66. The van der Waals surface area contributed by atoms with Crippen LogP contribution >= 0.6 is 11.6 Å². The van der Waals surface area contributed by atoms with Crippen LogP contribution in [0.2, 0.25) is 5.02 Å². The third-order valence-electron chi connectivity index (χ3n) is 4.80. The van der Waals surface area contributed by atoms with Crippen LogP contribution in [0.4, 0.5) is 0 Å². The molecule has 0 amide bonds. The summed E-state index contributed by atoms with van der Waals surface area (Å²) >= 11 is 6.18. The van der Waals surface area contributed by atoms with Crippen molar-refractivity contribution in [2.75, 3.05) is 0 Å². The fraction of sp³-hybridized carbons (Fsp3) is 0.143. The Morgan fingerprint density at radius 1 is 1.11 bits per heavy atom. The highest BCUT2D eigenvalue weighted by Gasteiger charge is 2.29. The molecule has 138 valence electrons. The Kier molecular flexibility index (Phi) is 4.25. The summed E-state index contributed by atoms with van der Waals surface area (Å²) in [7, 11) is 0. The molecule has 0 N–H and O–H groups in total. The second-order valence-corrected chi connectivity index (χ2v) is 6.97. The van der Waals surface area contributed by atoms with Crippen LogP contribution in [0.25, 0.3) is 11.1 Å². The summed E-state index contributed by atoms with van der Waals surface area (Å²) in [4.78, 5) is 23.4. The van der Waals surface area contributed by atoms with Gasteiger partial charge in [0.25, 0.3) is 0 Å². The summed E-state index contributed by atoms with van der Waals surface area (Å²) in [5, 5.41) is 14.1. The van der Waals surface area contributed by atoms with Crippen LogP contribution in [0.15, 0.2) is 36.4 Å². The first kappa shape index (κ1) is 18.0. The number of aryl methyl sites for hydroxylation is 1. The van der Waals surface area contributed by atoms with E-state index in [4.69, 9.17) is 16.9 Å². The standard InChI is InChI=1S/C21H14ClN3O3/c1-11-19(14-4-5-15(9-23)18(22)8-14)12(2)25(24-11)10-13-3-6-16-17(7-13)21(27)28-20(16)26/h3-8H,10H2,1-2H3. The van der Waals surface area contributed by atoms with E-state index in [-0.39, 0.29) is 11.1 Å². The van der Waals surface area contributed by atoms with Crippen molar-refractivity contribution in [2.45, 2.75) is 20.4 Å². The van der Waals surface area contributed by atoms with E-state index in [1.165, 1.54) is 0 Å². The van der Waals surface area contributed by atoms with Crippen LogP contribution < -0.4 is 0 Å². The molecule has 3 aromatic rings. The van der Waals surface area contributed by atoms with Gasteiger partial charge in [-0.25, -0.2) is 9.59 Å². The number of hydrogen-bond acceptors (Lipinski definition) is 5. The van der Waals surface area contributed by atoms with Crippen LogP contribution in [0.3, 0.4) is 0 Å². The molecule has 1 aromatic heterocycles. The van der Waals surface area contributed by atoms with Crippen molar-refractivity contribution in [2.24, 2.45) is 0 Å². The van der Waals surface area contributed by atoms with Crippen molar-refractivity contribution in [3.05, 3.63) is 75.1 Å². The van der Waals surface area contributed by atoms with Gasteiger partial charge in [0, 0.05) is 11.3 Å². The lowest BCUT2D eigenvalue weighted by atomic mass is 10.0. The monoisotopic (exact) mass is 391 g/mol. The lowest BCUT2D eigenvalue weighted by Crippen LogP contribution is -2.05. The SMILES string of the molecule is Cc1nn(Cc2ccc3c(c2)C(=O)OC3=O)c(C)c1-c1ccc(C#N)c(Cl)c1. The van der Waals surface area contributed by atoms with Gasteiger partial charge in [-0.3, -0.25) is 4.68 Å². The van der Waals surface area contributed by atoms with Gasteiger partial charge in [0.15, 0.2) is 0 Å². The second-order valence-electron chi connectivity index (χ2n) is 6.57. The number of hydrogen-bond donors (Lipinski definition) is 0. The van der Waals surface area contributed by atoms with E-state index < -0.39 is 11.9 Å². The van der Waals surface area contributed by atoms with E-state index in [0.29, 0.717) is 17.1 Å². The Labute approximate surface area is 165 Å². The summed E-state index contributed by atoms with van der Waals surface area (Å²) < 4.78 is 6.47. The van der Waals surface area contributed by atoms with Crippen LogP contribution in [0, 0.1) is 25.2 Å². The molecule has 0 bridgehead atoms. The molecule has 0 saturated heterocycles. The minimum atomic E-state index is -0.622. The summed E-state index contributed by atoms with van der Waals surface area (Å²) in [5.74, 6) is -1.24. The van der Waals surface area contributed by atoms with E-state index in [9.17, 15) is 9.59 Å². The second kappa shape index (κ2) is 6.63. The first-order valence-corrected chi connectivity index (χ1v) is 8.90. The minimum absolute atomic E-state index is 0.281. The summed E-state index contributed by atoms with van der Waals surface area (Å²) in [6.07, 6.45) is 0. The molecule has 0 atom stereocenters. The highest BCUT2D eigenvalue weighted by molar-refractivity contribution is 6.32. The molecule has 6 nitrogen and oxygen atoms in total. The number of benzene rings is 2. The number of esters is 2. The van der Waals surface area contributed by atoms with Crippen molar-refractivity contribution in [3.8, 4) is 17.2 Å². The highest BCUT2D eigenvalue weighted by atomic mass is 35.5. The van der Waals surface area contributed by atoms with Gasteiger partial charge in [-0.05, 0) is 49.2 Å². The molecular weight excluding hydrogens is 378 g/mol. The number of halogens is 1. The Morgan fingerprint density at radius 2 is 1.86 bits per heavy atom. The average Bonchev–Trinajstić information content (AvgIpc) is 3.10. The number of ether oxygens (including phenoxy) is 1. The first-order chi connectivity index (χ1) is 13.4. The molecule has 4 rings (SSSR count). The molecule has 1 aliphatic heterocycles. The molecule has 28 heavy (non-hydrogen) atoms. The van der Waals surface area contributed by atoms with E-state index in [1.54, 1.807) is 30.3 Å². The zero-order valence-electron chi connectivity index (χ0n) is 15.1. The van der Waals surface area contributed by atoms with Crippen LogP contribution in [0.1, 0.15) is 43.2 Å². The van der Waals surface area contributed by atoms with Crippen molar-refractivity contribution in [3.63, 3.8) is 0 Å². The predicted octanol–water partition coefficient (Wildman–Crippen LogP) is 4.05. The quantitative estimate of drug-likeness (QED) is 0.496. The maximum atomic E-state index is 11.8. The molecule has 2 heterocycles. The third kappa shape index (κ3) is 2.86. The Morgan fingerprint density at radius 3 is 2.57 bits per heavy atom. The Bertz CT molecular complexity index is 1200. The number of nitriles is 1. The smallest absolute Gasteiger partial charge is 0.346 e. The van der Waals surface area contributed by atoms with Gasteiger partial charge in [0.05, 0.1) is 34.0 Å². The Balaban J connectivity index is 1.70. The number of aromatic nitrogens is 2. The molecule has 0 aliphatic carbocycles. The highest BCUT2D eigenvalue weighted by Crippen LogP contribution is 2.31. The van der Waals surface area contributed by atoms with Gasteiger partial charge in [0.2, 0.25) is 0 Å². The van der Waals surface area contributed by atoms with E-state index in [2.05, 4.69) is 15.9 Å². The van der Waals surface area contributed by atoms with E-state index in [1.807, 2.05) is 24.6 Å². The van der Waals surface area contributed by atoms with E-state index in [0.717, 1.165) is 28.1 Å². The molecule has 0 saturated carbocycles. The largest absolute Gasteiger partial charge is 0.386 e. The molecule has 0 unspecified atom stereocenters. The predicted molar refractivity (Wildman–Crippen MR) is 102 cm³/mol. The van der Waals surface area contributed by atoms with Gasteiger partial charge in [-0.15, -0.1) is 0 Å². The van der Waals surface area contributed by atoms with Crippen molar-refractivity contribution in [1.82, 2.24) is 9.78 Å². The molecular formula is C21H14ClN3O3. The minimum Gasteiger partial charge on any atom is -0.386 e. The maximum Gasteiger partial charge on any atom is 0.346 e. The number of carbonyl (C=O) groups is 2. The third-order valence-corrected chi connectivity index (χ3v) is 5.11. The fourth-order valence-electron chi connectivity index (χ4n) is 3.43. The zero-order chi connectivity index (χ0) is 20.0. The topological polar surface area (TPSA) is 85.0 Å². The summed E-state index contributed by atoms with van der Waals surface area (Å²) in [6, 6.07) is 12.4. The number of fused-ring (bicyclic) bond motifs is 1. The molecule has 0 radical (unpaired) electrons. The number of cyclic esters (lactones) is 2. The van der Waals surface area contributed by atoms with Gasteiger partial charge >= 0.3 is 11.9 Å². The summed E-state index contributed by atoms with van der Waals surface area (Å²) in [5.41, 5.74) is 5.41. The van der Waals surface area contributed by atoms with Crippen LogP contribution in [0.5, 0.6) is 0 Å². The number of carbonyl (C=O) groups excluding carboxylic acids is 2. The van der Waals surface area contributed by atoms with Gasteiger partial charge in [-0.2, -0.15) is 10.4 Å². The van der Waals surface area contributed by atoms with Crippen molar-refractivity contribution >= 4 is 23.5 Å². The van der Waals surface area contributed by atoms with Crippen molar-refractivity contribution < 1.29 is 14.3 Å². The van der Waals surface area contributed by atoms with Crippen LogP contribution in [-0.4, -0.2) is 21.7 Å². The van der Waals surface area contributed by atoms with Gasteiger partial charge < -0.3 is 4.74 Å². The number of nitrogens with zero attached hydrogens (tertiary/aromatic N) is 3. The summed E-state index contributed by atoms with van der Waals surface area (Å²) in [6.45, 7) is 4.29. The number of rotatable bonds is 3. The molecule has 7 heteroatoms. The first-order valence-electron chi connectivity index (χ1n) is 8.52. The molecule has 1 aliphatic rings. The van der Waals surface area contributed by atoms with Crippen LogP contribution in [-0.2, 0) is 11.3 Å². The zero-order valence-corrected chi connectivity index (χ0v) is 15.9. The Hall–Kier alpha value is -3.43. The maximum absolute atomic E-state index is 11.8. The molecule has 0 fully saturated rings. The molecule has 2 aromatic carbocycles. The average molecular weight is 392 g/mol. The lowest BCUT2D eigenvalue weighted by Gasteiger charge is -2.07. The van der Waals surface area contributed by atoms with Gasteiger partial charge in [-0.1, -0.05) is 23.7 Å². The molecule has 0 spiro atoms. The normalized spacial score (nSPS) is 12.6. The van der Waals surface area contributed by atoms with Gasteiger partial charge in [0.1, 0.15) is 6.07 Å².